The number of halogens is 1. The van der Waals surface area contributed by atoms with Crippen molar-refractivity contribution >= 4 is 17.2 Å². The molecule has 0 aliphatic carbocycles. The molecule has 1 aromatic heterocycles. The van der Waals surface area contributed by atoms with E-state index in [1.165, 1.54) is 17.4 Å². The Labute approximate surface area is 156 Å². The highest BCUT2D eigenvalue weighted by Gasteiger charge is 2.17. The molecule has 0 saturated carbocycles. The summed E-state index contributed by atoms with van der Waals surface area (Å²) in [4.78, 5) is 13.1. The quantitative estimate of drug-likeness (QED) is 0.662. The Kier molecular flexibility index (Phi) is 6.15. The Hall–Kier alpha value is -2.50. The summed E-state index contributed by atoms with van der Waals surface area (Å²) in [6.07, 6.45) is 0.597. The predicted molar refractivity (Wildman–Crippen MR) is 105 cm³/mol. The predicted octanol–water partition coefficient (Wildman–Crippen LogP) is 4.00. The Balaban J connectivity index is 1.72. The second-order valence-electron chi connectivity index (χ2n) is 6.03. The Morgan fingerprint density at radius 1 is 1.08 bits per heavy atom. The van der Waals surface area contributed by atoms with Gasteiger partial charge in [0.05, 0.1) is 6.04 Å². The van der Waals surface area contributed by atoms with Crippen LogP contribution in [0.5, 0.6) is 0 Å². The molecule has 0 fully saturated rings. The molecule has 0 saturated heterocycles. The lowest BCUT2D eigenvalue weighted by molar-refractivity contribution is -0.122. The summed E-state index contributed by atoms with van der Waals surface area (Å²) < 4.78 is 14.1. The van der Waals surface area contributed by atoms with Crippen molar-refractivity contribution in [3.8, 4) is 10.4 Å². The number of hydrogen-bond acceptors (Lipinski definition) is 3. The summed E-state index contributed by atoms with van der Waals surface area (Å²) in [6, 6.07) is 18.4. The fourth-order valence-corrected chi connectivity index (χ4v) is 3.57. The van der Waals surface area contributed by atoms with Gasteiger partial charge in [-0.05, 0) is 41.1 Å². The van der Waals surface area contributed by atoms with E-state index in [2.05, 4.69) is 10.6 Å². The van der Waals surface area contributed by atoms with Gasteiger partial charge in [0.15, 0.2) is 0 Å². The van der Waals surface area contributed by atoms with Crippen LogP contribution in [0.1, 0.15) is 11.1 Å². The van der Waals surface area contributed by atoms with Gasteiger partial charge in [-0.1, -0.05) is 42.5 Å². The van der Waals surface area contributed by atoms with E-state index in [-0.39, 0.29) is 17.8 Å². The number of thiophene rings is 1. The fraction of sp³-hybridized carbons (Fsp3) is 0.190. The van der Waals surface area contributed by atoms with Crippen LogP contribution in [-0.2, 0) is 17.8 Å². The molecule has 0 radical (unpaired) electrons. The highest BCUT2D eigenvalue weighted by Crippen LogP contribution is 2.28. The number of hydrogen-bond donors (Lipinski definition) is 2. The van der Waals surface area contributed by atoms with Gasteiger partial charge in [-0.2, -0.15) is 0 Å². The van der Waals surface area contributed by atoms with E-state index in [0.717, 1.165) is 16.0 Å². The van der Waals surface area contributed by atoms with Gasteiger partial charge in [-0.15, -0.1) is 11.3 Å². The normalized spacial score (nSPS) is 11.9. The van der Waals surface area contributed by atoms with Gasteiger partial charge in [-0.3, -0.25) is 4.79 Å². The van der Waals surface area contributed by atoms with Crippen LogP contribution in [0.2, 0.25) is 0 Å². The van der Waals surface area contributed by atoms with E-state index in [9.17, 15) is 9.18 Å². The van der Waals surface area contributed by atoms with Crippen molar-refractivity contribution in [2.45, 2.75) is 19.0 Å². The average molecular weight is 368 g/mol. The van der Waals surface area contributed by atoms with Gasteiger partial charge in [-0.25, -0.2) is 4.39 Å². The third-order valence-corrected chi connectivity index (χ3v) is 5.12. The van der Waals surface area contributed by atoms with E-state index in [1.54, 1.807) is 13.1 Å². The molecule has 1 heterocycles. The zero-order chi connectivity index (χ0) is 18.4. The first kappa shape index (κ1) is 18.3. The maximum atomic E-state index is 14.1. The number of carbonyl (C=O) groups is 1. The summed E-state index contributed by atoms with van der Waals surface area (Å²) in [7, 11) is 1.63. The molecule has 0 bridgehead atoms. The summed E-state index contributed by atoms with van der Waals surface area (Å²) in [6.45, 7) is 0.490. The van der Waals surface area contributed by atoms with Gasteiger partial charge < -0.3 is 10.6 Å². The lowest BCUT2D eigenvalue weighted by Gasteiger charge is -2.18. The average Bonchev–Trinajstić information content (AvgIpc) is 3.21. The highest BCUT2D eigenvalue weighted by molar-refractivity contribution is 7.13. The van der Waals surface area contributed by atoms with Crippen LogP contribution in [0.4, 0.5) is 4.39 Å². The molecule has 134 valence electrons. The first-order valence-electron chi connectivity index (χ1n) is 8.48. The van der Waals surface area contributed by atoms with Crippen molar-refractivity contribution in [3.05, 3.63) is 83.0 Å². The van der Waals surface area contributed by atoms with Crippen LogP contribution in [0.15, 0.2) is 66.0 Å². The maximum absolute atomic E-state index is 14.1. The fourth-order valence-electron chi connectivity index (χ4n) is 2.83. The number of rotatable bonds is 7. The molecule has 3 rings (SSSR count). The molecule has 3 aromatic rings. The van der Waals surface area contributed by atoms with Crippen molar-refractivity contribution < 1.29 is 9.18 Å². The first-order valence-corrected chi connectivity index (χ1v) is 9.36. The molecule has 26 heavy (non-hydrogen) atoms. The minimum Gasteiger partial charge on any atom is -0.358 e. The number of nitrogens with one attached hydrogen (secondary N) is 2. The van der Waals surface area contributed by atoms with E-state index in [4.69, 9.17) is 0 Å². The minimum absolute atomic E-state index is 0.0607. The largest absolute Gasteiger partial charge is 0.358 e. The number of carbonyl (C=O) groups excluding carboxylic acids is 1. The van der Waals surface area contributed by atoms with Crippen LogP contribution in [0.25, 0.3) is 10.4 Å². The van der Waals surface area contributed by atoms with Crippen molar-refractivity contribution in [2.75, 3.05) is 7.05 Å². The topological polar surface area (TPSA) is 41.1 Å². The molecule has 2 aromatic carbocycles. The SMILES string of the molecule is CNC(=O)C(Cc1ccccc1)NCc1ccc(F)c(-c2cccs2)c1. The second kappa shape index (κ2) is 8.74. The number of benzene rings is 2. The monoisotopic (exact) mass is 368 g/mol. The molecule has 0 spiro atoms. The van der Waals surface area contributed by atoms with Crippen molar-refractivity contribution in [1.82, 2.24) is 10.6 Å². The molecular formula is C21H21FN2OS. The van der Waals surface area contributed by atoms with Crippen LogP contribution in [0, 0.1) is 5.82 Å². The van der Waals surface area contributed by atoms with Crippen LogP contribution in [-0.4, -0.2) is 19.0 Å². The Bertz CT molecular complexity index is 850. The smallest absolute Gasteiger partial charge is 0.237 e. The molecule has 0 aliphatic rings. The summed E-state index contributed by atoms with van der Waals surface area (Å²) in [5.74, 6) is -0.294. The third kappa shape index (κ3) is 4.56. The first-order chi connectivity index (χ1) is 12.7. The van der Waals surface area contributed by atoms with E-state index in [0.29, 0.717) is 18.5 Å². The van der Waals surface area contributed by atoms with Crippen LogP contribution >= 0.6 is 11.3 Å². The molecule has 1 unspecified atom stereocenters. The standard InChI is InChI=1S/C21H21FN2OS/c1-23-21(25)19(13-15-6-3-2-4-7-15)24-14-16-9-10-18(22)17(12-16)20-8-5-11-26-20/h2-12,19,24H,13-14H2,1H3,(H,23,25). The van der Waals surface area contributed by atoms with E-state index < -0.39 is 0 Å². The zero-order valence-electron chi connectivity index (χ0n) is 14.5. The Morgan fingerprint density at radius 3 is 2.58 bits per heavy atom. The molecule has 0 aliphatic heterocycles. The maximum Gasteiger partial charge on any atom is 0.237 e. The minimum atomic E-state index is -0.349. The van der Waals surface area contributed by atoms with Gasteiger partial charge in [0.25, 0.3) is 0 Å². The molecule has 1 amide bonds. The van der Waals surface area contributed by atoms with Crippen LogP contribution < -0.4 is 10.6 Å². The van der Waals surface area contributed by atoms with Crippen LogP contribution in [0.3, 0.4) is 0 Å². The lowest BCUT2D eigenvalue weighted by atomic mass is 10.0. The molecule has 3 nitrogen and oxygen atoms in total. The second-order valence-corrected chi connectivity index (χ2v) is 6.98. The zero-order valence-corrected chi connectivity index (χ0v) is 15.4. The van der Waals surface area contributed by atoms with Crippen molar-refractivity contribution in [3.63, 3.8) is 0 Å². The summed E-state index contributed by atoms with van der Waals surface area (Å²) >= 11 is 1.51. The van der Waals surface area contributed by atoms with E-state index >= 15 is 0 Å². The van der Waals surface area contributed by atoms with Gasteiger partial charge in [0.1, 0.15) is 5.82 Å². The van der Waals surface area contributed by atoms with Gasteiger partial charge in [0.2, 0.25) is 5.91 Å². The van der Waals surface area contributed by atoms with Gasteiger partial charge >= 0.3 is 0 Å². The summed E-state index contributed by atoms with van der Waals surface area (Å²) in [5, 5.41) is 7.93. The van der Waals surface area contributed by atoms with Gasteiger partial charge in [0, 0.05) is 24.0 Å². The molecule has 2 N–H and O–H groups in total. The Morgan fingerprint density at radius 2 is 1.88 bits per heavy atom. The van der Waals surface area contributed by atoms with Crippen molar-refractivity contribution in [2.24, 2.45) is 0 Å². The van der Waals surface area contributed by atoms with E-state index in [1.807, 2.05) is 53.9 Å². The summed E-state index contributed by atoms with van der Waals surface area (Å²) in [5.41, 5.74) is 2.63. The lowest BCUT2D eigenvalue weighted by Crippen LogP contribution is -2.44. The molecular weight excluding hydrogens is 347 g/mol. The third-order valence-electron chi connectivity index (χ3n) is 4.22. The molecule has 1 atom stereocenters. The number of likely N-dealkylation sites (N-methyl/N-ethyl adjacent to an activating group) is 1. The highest BCUT2D eigenvalue weighted by atomic mass is 32.1. The number of amides is 1. The molecule has 5 heteroatoms. The van der Waals surface area contributed by atoms with Crippen molar-refractivity contribution in [1.29, 1.82) is 0 Å².